The van der Waals surface area contributed by atoms with E-state index in [4.69, 9.17) is 9.47 Å². The molecule has 0 aliphatic heterocycles. The van der Waals surface area contributed by atoms with E-state index in [2.05, 4.69) is 10.3 Å². The monoisotopic (exact) mass is 338 g/mol. The number of methoxy groups -OCH3 is 2. The van der Waals surface area contributed by atoms with Gasteiger partial charge in [0.25, 0.3) is 0 Å². The van der Waals surface area contributed by atoms with Crippen LogP contribution in [0.1, 0.15) is 12.5 Å². The number of nitrogens with one attached hydrogen (secondary N) is 2. The molecule has 1 aromatic heterocycles. The predicted molar refractivity (Wildman–Crippen MR) is 99.3 cm³/mol. The van der Waals surface area contributed by atoms with Gasteiger partial charge in [-0.15, -0.1) is 0 Å². The number of carbonyl (C=O) groups excluding carboxylic acids is 1. The summed E-state index contributed by atoms with van der Waals surface area (Å²) in [6.45, 7) is 1.92. The van der Waals surface area contributed by atoms with Crippen molar-refractivity contribution in [2.45, 2.75) is 13.3 Å². The molecule has 1 amide bonds. The SMILES string of the molecule is COc1ccc(CC(C)C(=O)Nc2ccc3[nH]ccc3c2)cc1OC. The van der Waals surface area contributed by atoms with Crippen LogP contribution in [-0.2, 0) is 11.2 Å². The van der Waals surface area contributed by atoms with E-state index < -0.39 is 0 Å². The molecule has 0 radical (unpaired) electrons. The zero-order valence-electron chi connectivity index (χ0n) is 14.6. The smallest absolute Gasteiger partial charge is 0.227 e. The number of rotatable bonds is 6. The quantitative estimate of drug-likeness (QED) is 0.714. The fourth-order valence-corrected chi connectivity index (χ4v) is 2.85. The number of carbonyl (C=O) groups is 1. The lowest BCUT2D eigenvalue weighted by Gasteiger charge is -2.14. The molecule has 0 bridgehead atoms. The molecule has 130 valence electrons. The summed E-state index contributed by atoms with van der Waals surface area (Å²) in [6.07, 6.45) is 2.51. The number of anilines is 1. The van der Waals surface area contributed by atoms with Crippen LogP contribution in [0.5, 0.6) is 11.5 Å². The molecular weight excluding hydrogens is 316 g/mol. The number of fused-ring (bicyclic) bond motifs is 1. The third-order valence-corrected chi connectivity index (χ3v) is 4.26. The lowest BCUT2D eigenvalue weighted by Crippen LogP contribution is -2.22. The van der Waals surface area contributed by atoms with E-state index >= 15 is 0 Å². The first kappa shape index (κ1) is 16.9. The van der Waals surface area contributed by atoms with Gasteiger partial charge < -0.3 is 19.8 Å². The summed E-state index contributed by atoms with van der Waals surface area (Å²) < 4.78 is 10.6. The van der Waals surface area contributed by atoms with Crippen molar-refractivity contribution in [3.8, 4) is 11.5 Å². The molecular formula is C20H22N2O3. The lowest BCUT2D eigenvalue weighted by molar-refractivity contribution is -0.119. The van der Waals surface area contributed by atoms with Gasteiger partial charge in [0.2, 0.25) is 5.91 Å². The molecule has 3 aromatic rings. The van der Waals surface area contributed by atoms with E-state index in [1.807, 2.05) is 55.6 Å². The summed E-state index contributed by atoms with van der Waals surface area (Å²) in [5.74, 6) is 1.18. The molecule has 0 spiro atoms. The number of aromatic amines is 1. The van der Waals surface area contributed by atoms with Crippen molar-refractivity contribution in [1.29, 1.82) is 0 Å². The van der Waals surface area contributed by atoms with Crippen LogP contribution in [0.2, 0.25) is 0 Å². The topological polar surface area (TPSA) is 63.3 Å². The number of aromatic nitrogens is 1. The van der Waals surface area contributed by atoms with E-state index in [0.29, 0.717) is 17.9 Å². The number of ether oxygens (including phenoxy) is 2. The second kappa shape index (κ2) is 7.30. The second-order valence-corrected chi connectivity index (χ2v) is 6.06. The van der Waals surface area contributed by atoms with Gasteiger partial charge in [0.1, 0.15) is 0 Å². The van der Waals surface area contributed by atoms with Gasteiger partial charge in [0.15, 0.2) is 11.5 Å². The molecule has 2 aromatic carbocycles. The number of hydrogen-bond acceptors (Lipinski definition) is 3. The van der Waals surface area contributed by atoms with Gasteiger partial charge in [-0.05, 0) is 48.4 Å². The molecule has 1 heterocycles. The van der Waals surface area contributed by atoms with Crippen LogP contribution >= 0.6 is 0 Å². The van der Waals surface area contributed by atoms with Crippen molar-refractivity contribution in [2.75, 3.05) is 19.5 Å². The largest absolute Gasteiger partial charge is 0.493 e. The Hall–Kier alpha value is -2.95. The lowest BCUT2D eigenvalue weighted by atomic mass is 10.00. The summed E-state index contributed by atoms with van der Waals surface area (Å²) >= 11 is 0. The minimum absolute atomic E-state index is 0.00956. The Morgan fingerprint density at radius 2 is 1.88 bits per heavy atom. The van der Waals surface area contributed by atoms with E-state index in [1.165, 1.54) is 0 Å². The molecule has 5 heteroatoms. The molecule has 2 N–H and O–H groups in total. The molecule has 1 unspecified atom stereocenters. The Bertz CT molecular complexity index is 886. The third-order valence-electron chi connectivity index (χ3n) is 4.26. The number of H-pyrrole nitrogens is 1. The molecule has 1 atom stereocenters. The average molecular weight is 338 g/mol. The van der Waals surface area contributed by atoms with Crippen molar-refractivity contribution >= 4 is 22.5 Å². The van der Waals surface area contributed by atoms with Gasteiger partial charge in [-0.2, -0.15) is 0 Å². The Morgan fingerprint density at radius 1 is 1.08 bits per heavy atom. The van der Waals surface area contributed by atoms with Gasteiger partial charge in [-0.25, -0.2) is 0 Å². The number of hydrogen-bond donors (Lipinski definition) is 2. The normalized spacial score (nSPS) is 12.0. The van der Waals surface area contributed by atoms with Gasteiger partial charge in [0.05, 0.1) is 14.2 Å². The molecule has 5 nitrogen and oxygen atoms in total. The molecule has 0 saturated heterocycles. The standard InChI is InChI=1S/C20H22N2O3/c1-13(10-14-4-7-18(24-2)19(11-14)25-3)20(23)22-16-5-6-17-15(12-16)8-9-21-17/h4-9,11-13,21H,10H2,1-3H3,(H,22,23). The van der Waals surface area contributed by atoms with Gasteiger partial charge in [0, 0.05) is 28.7 Å². The summed E-state index contributed by atoms with van der Waals surface area (Å²) in [4.78, 5) is 15.6. The van der Waals surface area contributed by atoms with Crippen molar-refractivity contribution in [3.05, 3.63) is 54.2 Å². The van der Waals surface area contributed by atoms with Crippen LogP contribution in [0.4, 0.5) is 5.69 Å². The highest BCUT2D eigenvalue weighted by molar-refractivity contribution is 5.95. The van der Waals surface area contributed by atoms with Gasteiger partial charge in [-0.3, -0.25) is 4.79 Å². The Kier molecular flexibility index (Phi) is 4.93. The van der Waals surface area contributed by atoms with Crippen molar-refractivity contribution in [3.63, 3.8) is 0 Å². The Balaban J connectivity index is 1.67. The first-order valence-corrected chi connectivity index (χ1v) is 8.19. The van der Waals surface area contributed by atoms with E-state index in [9.17, 15) is 4.79 Å². The summed E-state index contributed by atoms with van der Waals surface area (Å²) in [7, 11) is 3.21. The van der Waals surface area contributed by atoms with Crippen LogP contribution in [0, 0.1) is 5.92 Å². The van der Waals surface area contributed by atoms with Crippen molar-refractivity contribution < 1.29 is 14.3 Å². The van der Waals surface area contributed by atoms with Crippen molar-refractivity contribution in [2.24, 2.45) is 5.92 Å². The van der Waals surface area contributed by atoms with E-state index in [0.717, 1.165) is 22.2 Å². The molecule has 0 aliphatic carbocycles. The highest BCUT2D eigenvalue weighted by Crippen LogP contribution is 2.28. The minimum atomic E-state index is -0.167. The fourth-order valence-electron chi connectivity index (χ4n) is 2.85. The first-order valence-electron chi connectivity index (χ1n) is 8.19. The second-order valence-electron chi connectivity index (χ2n) is 6.06. The zero-order valence-corrected chi connectivity index (χ0v) is 14.6. The van der Waals surface area contributed by atoms with Crippen LogP contribution in [0.15, 0.2) is 48.7 Å². The highest BCUT2D eigenvalue weighted by Gasteiger charge is 2.15. The van der Waals surface area contributed by atoms with Crippen LogP contribution in [-0.4, -0.2) is 25.1 Å². The Morgan fingerprint density at radius 3 is 2.64 bits per heavy atom. The Labute approximate surface area is 147 Å². The minimum Gasteiger partial charge on any atom is -0.493 e. The number of amides is 1. The third kappa shape index (κ3) is 3.76. The maximum absolute atomic E-state index is 12.5. The van der Waals surface area contributed by atoms with E-state index in [-0.39, 0.29) is 11.8 Å². The number of benzene rings is 2. The predicted octanol–water partition coefficient (Wildman–Crippen LogP) is 4.00. The summed E-state index contributed by atoms with van der Waals surface area (Å²) in [5.41, 5.74) is 2.88. The molecule has 25 heavy (non-hydrogen) atoms. The molecule has 0 fully saturated rings. The maximum atomic E-state index is 12.5. The molecule has 3 rings (SSSR count). The van der Waals surface area contributed by atoms with Crippen LogP contribution < -0.4 is 14.8 Å². The maximum Gasteiger partial charge on any atom is 0.227 e. The van der Waals surface area contributed by atoms with Gasteiger partial charge >= 0.3 is 0 Å². The van der Waals surface area contributed by atoms with Crippen LogP contribution in [0.25, 0.3) is 10.9 Å². The van der Waals surface area contributed by atoms with E-state index in [1.54, 1.807) is 14.2 Å². The van der Waals surface area contributed by atoms with Crippen molar-refractivity contribution in [1.82, 2.24) is 4.98 Å². The fraction of sp³-hybridized carbons (Fsp3) is 0.250. The van der Waals surface area contributed by atoms with Crippen LogP contribution in [0.3, 0.4) is 0 Å². The molecule has 0 saturated carbocycles. The zero-order chi connectivity index (χ0) is 17.8. The average Bonchev–Trinajstić information content (AvgIpc) is 3.09. The highest BCUT2D eigenvalue weighted by atomic mass is 16.5. The summed E-state index contributed by atoms with van der Waals surface area (Å²) in [6, 6.07) is 13.5. The summed E-state index contributed by atoms with van der Waals surface area (Å²) in [5, 5.41) is 4.06. The van der Waals surface area contributed by atoms with Gasteiger partial charge in [-0.1, -0.05) is 13.0 Å². The first-order chi connectivity index (χ1) is 12.1. The molecule has 0 aliphatic rings.